The van der Waals surface area contributed by atoms with E-state index >= 15 is 0 Å². The minimum Gasteiger partial charge on any atom is -0.504 e. The third-order valence-electron chi connectivity index (χ3n) is 6.66. The summed E-state index contributed by atoms with van der Waals surface area (Å²) in [5, 5.41) is 10.2. The lowest BCUT2D eigenvalue weighted by Crippen LogP contribution is -2.79. The van der Waals surface area contributed by atoms with Crippen molar-refractivity contribution in [3.63, 3.8) is 0 Å². The first-order chi connectivity index (χ1) is 10.5. The molecule has 1 saturated heterocycles. The summed E-state index contributed by atoms with van der Waals surface area (Å²) in [6.07, 6.45) is 2.33. The molecule has 3 N–H and O–H groups in total. The number of nitrogens with zero attached hydrogens (tertiary/aromatic N) is 1. The fourth-order valence-electron chi connectivity index (χ4n) is 5.64. The van der Waals surface area contributed by atoms with E-state index in [1.165, 1.54) is 5.56 Å². The molecule has 0 aromatic heterocycles. The zero-order chi connectivity index (χ0) is 15.3. The second-order valence-electron chi connectivity index (χ2n) is 7.37. The molecule has 1 saturated carbocycles. The van der Waals surface area contributed by atoms with Gasteiger partial charge in [-0.05, 0) is 44.5 Å². The highest BCUT2D eigenvalue weighted by atomic mass is 16.5. The van der Waals surface area contributed by atoms with Crippen LogP contribution in [0.2, 0.25) is 0 Å². The molecule has 2 heterocycles. The summed E-state index contributed by atoms with van der Waals surface area (Å²) in [7, 11) is 2.12. The number of likely N-dealkylation sites (N-methyl/N-ethyl adjacent to an activating group) is 1. The Balaban J connectivity index is 1.88. The average Bonchev–Trinajstić information content (AvgIpc) is 2.85. The molecule has 116 valence electrons. The monoisotopic (exact) mass is 300 g/mol. The smallest absolute Gasteiger partial charge is 0.174 e. The van der Waals surface area contributed by atoms with Crippen molar-refractivity contribution in [1.82, 2.24) is 4.90 Å². The van der Waals surface area contributed by atoms with Crippen LogP contribution in [0, 0.1) is 0 Å². The molecule has 0 radical (unpaired) electrons. The van der Waals surface area contributed by atoms with Crippen molar-refractivity contribution >= 4 is 5.78 Å². The van der Waals surface area contributed by atoms with E-state index in [4.69, 9.17) is 10.5 Å². The lowest BCUT2D eigenvalue weighted by Gasteiger charge is -2.63. The van der Waals surface area contributed by atoms with Gasteiger partial charge in [0, 0.05) is 23.6 Å². The third kappa shape index (κ3) is 1.13. The van der Waals surface area contributed by atoms with Crippen LogP contribution in [0.25, 0.3) is 0 Å². The van der Waals surface area contributed by atoms with E-state index in [2.05, 4.69) is 11.9 Å². The summed E-state index contributed by atoms with van der Waals surface area (Å²) in [5.41, 5.74) is 8.29. The van der Waals surface area contributed by atoms with E-state index in [-0.39, 0.29) is 17.6 Å². The number of hydrogen-bond acceptors (Lipinski definition) is 5. The summed E-state index contributed by atoms with van der Waals surface area (Å²) in [6, 6.07) is 3.89. The summed E-state index contributed by atoms with van der Waals surface area (Å²) >= 11 is 0. The van der Waals surface area contributed by atoms with Crippen molar-refractivity contribution in [2.75, 3.05) is 13.6 Å². The maximum absolute atomic E-state index is 12.6. The number of ether oxygens (including phenoxy) is 1. The third-order valence-corrected chi connectivity index (χ3v) is 6.66. The van der Waals surface area contributed by atoms with Crippen molar-refractivity contribution in [2.24, 2.45) is 5.73 Å². The second-order valence-corrected chi connectivity index (χ2v) is 7.37. The van der Waals surface area contributed by atoms with E-state index in [9.17, 15) is 9.90 Å². The highest BCUT2D eigenvalue weighted by Gasteiger charge is 2.71. The van der Waals surface area contributed by atoms with Gasteiger partial charge in [-0.15, -0.1) is 0 Å². The Morgan fingerprint density at radius 3 is 3.05 bits per heavy atom. The number of likely N-dealkylation sites (tertiary alicyclic amines) is 1. The van der Waals surface area contributed by atoms with Crippen LogP contribution < -0.4 is 10.5 Å². The first kappa shape index (κ1) is 12.9. The van der Waals surface area contributed by atoms with Gasteiger partial charge in [0.2, 0.25) is 0 Å². The molecule has 5 rings (SSSR count). The van der Waals surface area contributed by atoms with E-state index < -0.39 is 17.1 Å². The molecular formula is C17H20N2O3. The lowest BCUT2D eigenvalue weighted by molar-refractivity contribution is -0.140. The van der Waals surface area contributed by atoms with Crippen LogP contribution >= 0.6 is 0 Å². The number of ketones is 1. The van der Waals surface area contributed by atoms with Crippen molar-refractivity contribution in [2.45, 2.75) is 48.8 Å². The average molecular weight is 300 g/mol. The normalized spacial score (nSPS) is 42.0. The Morgan fingerprint density at radius 1 is 1.41 bits per heavy atom. The molecule has 5 nitrogen and oxygen atoms in total. The molecule has 2 aliphatic carbocycles. The van der Waals surface area contributed by atoms with Gasteiger partial charge in [-0.25, -0.2) is 0 Å². The molecule has 1 aromatic rings. The molecular weight excluding hydrogens is 280 g/mol. The van der Waals surface area contributed by atoms with Gasteiger partial charge in [-0.2, -0.15) is 0 Å². The number of carbonyl (C=O) groups excluding carboxylic acids is 1. The Hall–Kier alpha value is -1.59. The zero-order valence-corrected chi connectivity index (χ0v) is 12.6. The van der Waals surface area contributed by atoms with Crippen LogP contribution in [0.4, 0.5) is 0 Å². The fourth-order valence-corrected chi connectivity index (χ4v) is 5.64. The number of nitrogens with two attached hydrogens (primary N) is 1. The molecule has 2 aliphatic heterocycles. The molecule has 0 amide bonds. The maximum atomic E-state index is 12.6. The zero-order valence-electron chi connectivity index (χ0n) is 12.6. The summed E-state index contributed by atoms with van der Waals surface area (Å²) in [5.74, 6) is 0.776. The number of phenolic OH excluding ortho intramolecular Hbond substituents is 1. The number of benzene rings is 1. The number of phenols is 1. The largest absolute Gasteiger partial charge is 0.504 e. The van der Waals surface area contributed by atoms with E-state index in [1.807, 2.05) is 6.07 Å². The van der Waals surface area contributed by atoms with Crippen LogP contribution in [0.3, 0.4) is 0 Å². The van der Waals surface area contributed by atoms with E-state index in [0.29, 0.717) is 18.6 Å². The minimum atomic E-state index is -0.523. The predicted molar refractivity (Wildman–Crippen MR) is 80.1 cm³/mol. The van der Waals surface area contributed by atoms with E-state index in [0.717, 1.165) is 24.9 Å². The molecule has 4 aliphatic rings. The van der Waals surface area contributed by atoms with Crippen LogP contribution in [0.1, 0.15) is 30.4 Å². The molecule has 1 aromatic carbocycles. The standard InChI is InChI=1S/C17H20N2O3/c1-19-7-6-16-13-9-2-3-10(20)14(13)22-15(16)11(21)4-5-17(16,18)12(19)8-9/h2-3,12,15,20H,4-8,18H2,1H3/t12-,15+,16+,17?/m1/s1. The molecule has 1 unspecified atom stereocenters. The Bertz CT molecular complexity index is 718. The van der Waals surface area contributed by atoms with Crippen molar-refractivity contribution < 1.29 is 14.6 Å². The van der Waals surface area contributed by atoms with Gasteiger partial charge in [-0.1, -0.05) is 6.07 Å². The second kappa shape index (κ2) is 3.66. The first-order valence-corrected chi connectivity index (χ1v) is 8.03. The molecule has 1 spiro atoms. The van der Waals surface area contributed by atoms with Gasteiger partial charge in [0.05, 0.1) is 5.41 Å². The quantitative estimate of drug-likeness (QED) is 0.738. The van der Waals surface area contributed by atoms with Crippen LogP contribution in [0.15, 0.2) is 12.1 Å². The molecule has 4 atom stereocenters. The topological polar surface area (TPSA) is 75.8 Å². The Kier molecular flexibility index (Phi) is 2.15. The molecule has 2 bridgehead atoms. The van der Waals surface area contributed by atoms with E-state index in [1.54, 1.807) is 6.07 Å². The summed E-state index contributed by atoms with van der Waals surface area (Å²) < 4.78 is 6.02. The van der Waals surface area contributed by atoms with Crippen LogP contribution in [-0.4, -0.2) is 47.1 Å². The predicted octanol–water partition coefficient (Wildman–Crippen LogP) is 0.712. The van der Waals surface area contributed by atoms with Crippen LogP contribution in [0.5, 0.6) is 11.5 Å². The van der Waals surface area contributed by atoms with Gasteiger partial charge in [0.25, 0.3) is 0 Å². The maximum Gasteiger partial charge on any atom is 0.174 e. The minimum absolute atomic E-state index is 0.132. The van der Waals surface area contributed by atoms with Crippen molar-refractivity contribution in [1.29, 1.82) is 0 Å². The molecule has 5 heteroatoms. The lowest BCUT2D eigenvalue weighted by atomic mass is 9.48. The van der Waals surface area contributed by atoms with Gasteiger partial charge < -0.3 is 20.5 Å². The van der Waals surface area contributed by atoms with Gasteiger partial charge in [-0.3, -0.25) is 4.79 Å². The summed E-state index contributed by atoms with van der Waals surface area (Å²) in [4.78, 5) is 14.9. The number of Topliss-reactive ketones (excluding diaryl/α,β-unsaturated/α-hetero) is 1. The van der Waals surface area contributed by atoms with Crippen molar-refractivity contribution in [3.05, 3.63) is 23.3 Å². The van der Waals surface area contributed by atoms with Gasteiger partial charge >= 0.3 is 0 Å². The molecule has 2 fully saturated rings. The number of hydrogen-bond donors (Lipinski definition) is 2. The van der Waals surface area contributed by atoms with Crippen LogP contribution in [-0.2, 0) is 16.6 Å². The number of carbonyl (C=O) groups is 1. The first-order valence-electron chi connectivity index (χ1n) is 8.03. The van der Waals surface area contributed by atoms with Crippen molar-refractivity contribution in [3.8, 4) is 11.5 Å². The number of aromatic hydroxyl groups is 1. The van der Waals surface area contributed by atoms with Gasteiger partial charge in [0.1, 0.15) is 0 Å². The number of piperidine rings is 1. The summed E-state index contributed by atoms with van der Waals surface area (Å²) in [6.45, 7) is 0.908. The Morgan fingerprint density at radius 2 is 2.23 bits per heavy atom. The SMILES string of the molecule is CN1CC[C@]23c4c5ccc(O)c4O[C@H]2C(=O)CCC3(N)[C@H]1C5. The van der Waals surface area contributed by atoms with Gasteiger partial charge in [0.15, 0.2) is 23.4 Å². The number of rotatable bonds is 0. The molecule has 22 heavy (non-hydrogen) atoms. The highest BCUT2D eigenvalue weighted by Crippen LogP contribution is 2.63. The fraction of sp³-hybridized carbons (Fsp3) is 0.588. The highest BCUT2D eigenvalue weighted by molar-refractivity contribution is 5.90. The Labute approximate surface area is 129 Å².